The molecule has 0 saturated carbocycles. The van der Waals surface area contributed by atoms with Gasteiger partial charge in [0.15, 0.2) is 0 Å². The molecule has 0 aliphatic carbocycles. The van der Waals surface area contributed by atoms with Crippen LogP contribution in [0.15, 0.2) is 24.7 Å². The van der Waals surface area contributed by atoms with E-state index in [1.807, 2.05) is 12.3 Å². The van der Waals surface area contributed by atoms with Crippen molar-refractivity contribution in [2.75, 3.05) is 6.54 Å². The minimum atomic E-state index is 0.387. The van der Waals surface area contributed by atoms with Crippen molar-refractivity contribution in [2.45, 2.75) is 32.7 Å². The van der Waals surface area contributed by atoms with Crippen LogP contribution in [0.5, 0.6) is 0 Å². The molecule has 0 radical (unpaired) electrons. The maximum atomic E-state index is 4.52. The van der Waals surface area contributed by atoms with E-state index in [1.165, 1.54) is 11.3 Å². The highest BCUT2D eigenvalue weighted by Gasteiger charge is 2.19. The fourth-order valence-corrected chi connectivity index (χ4v) is 2.58. The van der Waals surface area contributed by atoms with Crippen molar-refractivity contribution >= 4 is 0 Å². The Balaban J connectivity index is 2.17. The van der Waals surface area contributed by atoms with Gasteiger partial charge < -0.3 is 5.32 Å². The Bertz CT molecular complexity index is 592. The maximum Gasteiger partial charge on any atom is 0.116 e. The number of rotatable bonds is 2. The average Bonchev–Trinajstić information content (AvgIpc) is 2.46. The predicted octanol–water partition coefficient (Wildman–Crippen LogP) is 2.31. The van der Waals surface area contributed by atoms with Crippen molar-refractivity contribution in [3.8, 4) is 11.3 Å². The summed E-state index contributed by atoms with van der Waals surface area (Å²) < 4.78 is 0. The number of fused-ring (bicyclic) bond motifs is 1. The van der Waals surface area contributed by atoms with Gasteiger partial charge in [0.05, 0.1) is 17.1 Å². The van der Waals surface area contributed by atoms with Crippen LogP contribution < -0.4 is 5.32 Å². The van der Waals surface area contributed by atoms with Gasteiger partial charge in [-0.2, -0.15) is 0 Å². The summed E-state index contributed by atoms with van der Waals surface area (Å²) in [6, 6.07) is 4.09. The molecule has 0 aromatic carbocycles. The fourth-order valence-electron chi connectivity index (χ4n) is 2.58. The number of nitrogens with one attached hydrogen (secondary N) is 1. The second kappa shape index (κ2) is 5.05. The highest BCUT2D eigenvalue weighted by Crippen LogP contribution is 2.30. The van der Waals surface area contributed by atoms with Gasteiger partial charge in [-0.3, -0.25) is 4.98 Å². The normalized spacial score (nSPS) is 14.5. The Morgan fingerprint density at radius 1 is 1.21 bits per heavy atom. The van der Waals surface area contributed by atoms with E-state index in [2.05, 4.69) is 40.2 Å². The van der Waals surface area contributed by atoms with Crippen LogP contribution in [-0.4, -0.2) is 21.5 Å². The molecule has 0 saturated heterocycles. The third-order valence-electron chi connectivity index (χ3n) is 3.52. The molecule has 0 bridgehead atoms. The number of hydrogen-bond acceptors (Lipinski definition) is 4. The number of hydrogen-bond donors (Lipinski definition) is 1. The van der Waals surface area contributed by atoms with Crippen molar-refractivity contribution in [3.63, 3.8) is 0 Å². The second-order valence-electron chi connectivity index (χ2n) is 5.17. The predicted molar refractivity (Wildman–Crippen MR) is 74.8 cm³/mol. The largest absolute Gasteiger partial charge is 0.312 e. The van der Waals surface area contributed by atoms with Crippen LogP contribution in [0, 0.1) is 0 Å². The zero-order valence-electron chi connectivity index (χ0n) is 11.3. The van der Waals surface area contributed by atoms with Crippen molar-refractivity contribution in [1.82, 2.24) is 20.3 Å². The molecule has 1 N–H and O–H groups in total. The number of aromatic nitrogens is 3. The van der Waals surface area contributed by atoms with Crippen molar-refractivity contribution < 1.29 is 0 Å². The molecule has 2 aromatic rings. The zero-order chi connectivity index (χ0) is 13.2. The van der Waals surface area contributed by atoms with E-state index in [4.69, 9.17) is 0 Å². The minimum absolute atomic E-state index is 0.387. The van der Waals surface area contributed by atoms with Crippen molar-refractivity contribution in [1.29, 1.82) is 0 Å². The summed E-state index contributed by atoms with van der Waals surface area (Å²) in [6.07, 6.45) is 4.50. The van der Waals surface area contributed by atoms with Crippen LogP contribution in [0.3, 0.4) is 0 Å². The topological polar surface area (TPSA) is 50.7 Å². The SMILES string of the molecule is CC(C)c1ncccc1-c1ncnc2c1CNCC2. The third-order valence-corrected chi connectivity index (χ3v) is 3.52. The Labute approximate surface area is 113 Å². The van der Waals surface area contributed by atoms with Crippen LogP contribution in [0.4, 0.5) is 0 Å². The molecule has 2 aromatic heterocycles. The summed E-state index contributed by atoms with van der Waals surface area (Å²) in [5.74, 6) is 0.387. The Morgan fingerprint density at radius 2 is 2.11 bits per heavy atom. The summed E-state index contributed by atoms with van der Waals surface area (Å²) in [4.78, 5) is 13.4. The Morgan fingerprint density at radius 3 is 2.95 bits per heavy atom. The first-order valence-electron chi connectivity index (χ1n) is 6.76. The van der Waals surface area contributed by atoms with Crippen molar-refractivity contribution in [3.05, 3.63) is 41.6 Å². The van der Waals surface area contributed by atoms with Gasteiger partial charge in [0.2, 0.25) is 0 Å². The second-order valence-corrected chi connectivity index (χ2v) is 5.17. The van der Waals surface area contributed by atoms with E-state index in [9.17, 15) is 0 Å². The number of pyridine rings is 1. The monoisotopic (exact) mass is 254 g/mol. The van der Waals surface area contributed by atoms with Gasteiger partial charge in [0.25, 0.3) is 0 Å². The molecule has 1 aliphatic rings. The Hall–Kier alpha value is -1.81. The zero-order valence-corrected chi connectivity index (χ0v) is 11.3. The maximum absolute atomic E-state index is 4.52. The first-order chi connectivity index (χ1) is 9.27. The summed E-state index contributed by atoms with van der Waals surface area (Å²) >= 11 is 0. The van der Waals surface area contributed by atoms with Crippen LogP contribution in [0.1, 0.15) is 36.7 Å². The molecule has 98 valence electrons. The highest BCUT2D eigenvalue weighted by atomic mass is 14.9. The molecule has 4 nitrogen and oxygen atoms in total. The van der Waals surface area contributed by atoms with E-state index >= 15 is 0 Å². The smallest absolute Gasteiger partial charge is 0.116 e. The quantitative estimate of drug-likeness (QED) is 0.893. The van der Waals surface area contributed by atoms with E-state index in [0.717, 1.165) is 36.5 Å². The van der Waals surface area contributed by atoms with Crippen molar-refractivity contribution in [2.24, 2.45) is 0 Å². The molecule has 0 fully saturated rings. The van der Waals surface area contributed by atoms with Gasteiger partial charge in [-0.1, -0.05) is 13.8 Å². The number of nitrogens with zero attached hydrogens (tertiary/aromatic N) is 3. The molecular weight excluding hydrogens is 236 g/mol. The fraction of sp³-hybridized carbons (Fsp3) is 0.400. The molecule has 0 spiro atoms. The van der Waals surface area contributed by atoms with E-state index in [-0.39, 0.29) is 0 Å². The molecule has 0 unspecified atom stereocenters. The minimum Gasteiger partial charge on any atom is -0.312 e. The summed E-state index contributed by atoms with van der Waals surface area (Å²) in [5, 5.41) is 3.40. The van der Waals surface area contributed by atoms with Crippen LogP contribution in [-0.2, 0) is 13.0 Å². The molecule has 3 heterocycles. The van der Waals surface area contributed by atoms with Crippen LogP contribution >= 0.6 is 0 Å². The van der Waals surface area contributed by atoms with Gasteiger partial charge in [0.1, 0.15) is 6.33 Å². The van der Waals surface area contributed by atoms with E-state index in [1.54, 1.807) is 6.33 Å². The van der Waals surface area contributed by atoms with Gasteiger partial charge in [-0.15, -0.1) is 0 Å². The summed E-state index contributed by atoms with van der Waals surface area (Å²) in [7, 11) is 0. The van der Waals surface area contributed by atoms with E-state index in [0.29, 0.717) is 5.92 Å². The lowest BCUT2D eigenvalue weighted by Gasteiger charge is -2.20. The standard InChI is InChI=1S/C15H18N4/c1-10(2)14-11(4-3-6-17-14)15-12-8-16-7-5-13(12)18-9-19-15/h3-4,6,9-10,16H,5,7-8H2,1-2H3. The molecule has 19 heavy (non-hydrogen) atoms. The molecule has 4 heteroatoms. The lowest BCUT2D eigenvalue weighted by Crippen LogP contribution is -2.25. The molecule has 0 amide bonds. The van der Waals surface area contributed by atoms with E-state index < -0.39 is 0 Å². The van der Waals surface area contributed by atoms with Crippen LogP contribution in [0.2, 0.25) is 0 Å². The summed E-state index contributed by atoms with van der Waals surface area (Å²) in [6.45, 7) is 6.17. The Kier molecular flexibility index (Phi) is 3.25. The van der Waals surface area contributed by atoms with Crippen LogP contribution in [0.25, 0.3) is 11.3 Å². The van der Waals surface area contributed by atoms with Gasteiger partial charge in [0, 0.05) is 36.8 Å². The molecule has 0 atom stereocenters. The van der Waals surface area contributed by atoms with Gasteiger partial charge >= 0.3 is 0 Å². The lowest BCUT2D eigenvalue weighted by molar-refractivity contribution is 0.627. The molecule has 1 aliphatic heterocycles. The van der Waals surface area contributed by atoms with Gasteiger partial charge in [-0.25, -0.2) is 9.97 Å². The average molecular weight is 254 g/mol. The first-order valence-corrected chi connectivity index (χ1v) is 6.76. The summed E-state index contributed by atoms with van der Waals surface area (Å²) in [5.41, 5.74) is 5.67. The first kappa shape index (κ1) is 12.2. The highest BCUT2D eigenvalue weighted by molar-refractivity contribution is 5.66. The molecular formula is C15H18N4. The lowest BCUT2D eigenvalue weighted by atomic mass is 9.96. The molecule has 3 rings (SSSR count). The van der Waals surface area contributed by atoms with Gasteiger partial charge in [-0.05, 0) is 18.1 Å². The third kappa shape index (κ3) is 2.24.